The van der Waals surface area contributed by atoms with E-state index < -0.39 is 0 Å². The van der Waals surface area contributed by atoms with Crippen molar-refractivity contribution in [1.82, 2.24) is 5.32 Å². The van der Waals surface area contributed by atoms with E-state index in [1.54, 1.807) is 6.07 Å². The van der Waals surface area contributed by atoms with E-state index >= 15 is 0 Å². The minimum absolute atomic E-state index is 0.0198. The zero-order chi connectivity index (χ0) is 12.4. The van der Waals surface area contributed by atoms with E-state index in [-0.39, 0.29) is 6.10 Å². The fraction of sp³-hybridized carbons (Fsp3) is 0.538. The molecule has 3 unspecified atom stereocenters. The number of hydrogen-bond acceptors (Lipinski definition) is 2. The molecule has 1 fully saturated rings. The number of benzene rings is 1. The Hall–Kier alpha value is -0.280. The van der Waals surface area contributed by atoms with E-state index in [0.29, 0.717) is 22.0 Å². The summed E-state index contributed by atoms with van der Waals surface area (Å²) >= 11 is 12.2. The van der Waals surface area contributed by atoms with Gasteiger partial charge in [-0.2, -0.15) is 0 Å². The van der Waals surface area contributed by atoms with Gasteiger partial charge < -0.3 is 10.1 Å². The monoisotopic (exact) mass is 273 g/mol. The summed E-state index contributed by atoms with van der Waals surface area (Å²) in [5.41, 5.74) is 0.966. The standard InChI is InChI=1S/C13H17Cl2NO/c1-8-7-17-12(6-16-9(8)2)10-4-3-5-11(14)13(10)15/h3-5,8-9,12,16H,6-7H2,1-2H3. The van der Waals surface area contributed by atoms with E-state index in [1.165, 1.54) is 0 Å². The quantitative estimate of drug-likeness (QED) is 0.843. The highest BCUT2D eigenvalue weighted by atomic mass is 35.5. The van der Waals surface area contributed by atoms with Crippen molar-refractivity contribution >= 4 is 23.2 Å². The van der Waals surface area contributed by atoms with Crippen molar-refractivity contribution in [3.8, 4) is 0 Å². The van der Waals surface area contributed by atoms with Gasteiger partial charge in [-0.3, -0.25) is 0 Å². The molecule has 0 spiro atoms. The van der Waals surface area contributed by atoms with Crippen LogP contribution >= 0.6 is 23.2 Å². The predicted molar refractivity (Wildman–Crippen MR) is 71.8 cm³/mol. The van der Waals surface area contributed by atoms with Crippen LogP contribution in [0.4, 0.5) is 0 Å². The SMILES string of the molecule is CC1COC(c2cccc(Cl)c2Cl)CNC1C. The van der Waals surface area contributed by atoms with Gasteiger partial charge in [0.25, 0.3) is 0 Å². The molecule has 0 bridgehead atoms. The lowest BCUT2D eigenvalue weighted by atomic mass is 10.1. The number of rotatable bonds is 1. The van der Waals surface area contributed by atoms with Gasteiger partial charge in [0.2, 0.25) is 0 Å². The van der Waals surface area contributed by atoms with Crippen LogP contribution < -0.4 is 5.32 Å². The Morgan fingerprint density at radius 3 is 2.82 bits per heavy atom. The van der Waals surface area contributed by atoms with Crippen molar-refractivity contribution in [3.05, 3.63) is 33.8 Å². The maximum Gasteiger partial charge on any atom is 0.0964 e. The molecule has 0 saturated carbocycles. The first-order chi connectivity index (χ1) is 8.09. The van der Waals surface area contributed by atoms with Crippen molar-refractivity contribution < 1.29 is 4.74 Å². The lowest BCUT2D eigenvalue weighted by Crippen LogP contribution is -2.32. The second-order valence-electron chi connectivity index (χ2n) is 4.64. The zero-order valence-electron chi connectivity index (χ0n) is 10.0. The van der Waals surface area contributed by atoms with Crippen LogP contribution in [0.3, 0.4) is 0 Å². The molecule has 3 atom stereocenters. The molecule has 4 heteroatoms. The maximum absolute atomic E-state index is 6.21. The number of nitrogens with one attached hydrogen (secondary N) is 1. The van der Waals surface area contributed by atoms with Crippen molar-refractivity contribution in [3.63, 3.8) is 0 Å². The van der Waals surface area contributed by atoms with Crippen LogP contribution in [0.25, 0.3) is 0 Å². The van der Waals surface area contributed by atoms with Gasteiger partial charge in [0.05, 0.1) is 22.8 Å². The van der Waals surface area contributed by atoms with E-state index in [4.69, 9.17) is 27.9 Å². The molecule has 2 rings (SSSR count). The predicted octanol–water partition coefficient (Wildman–Crippen LogP) is 3.68. The Bertz CT molecular complexity index is 385. The van der Waals surface area contributed by atoms with Gasteiger partial charge in [-0.25, -0.2) is 0 Å². The van der Waals surface area contributed by atoms with Gasteiger partial charge in [-0.1, -0.05) is 42.3 Å². The number of ether oxygens (including phenoxy) is 1. The summed E-state index contributed by atoms with van der Waals surface area (Å²) in [5, 5.41) is 4.64. The Labute approximate surface area is 112 Å². The van der Waals surface area contributed by atoms with Crippen LogP contribution in [0.15, 0.2) is 18.2 Å². The van der Waals surface area contributed by atoms with Crippen LogP contribution in [0.2, 0.25) is 10.0 Å². The molecule has 0 amide bonds. The third kappa shape index (κ3) is 2.94. The summed E-state index contributed by atoms with van der Waals surface area (Å²) in [4.78, 5) is 0. The Morgan fingerprint density at radius 2 is 2.06 bits per heavy atom. The molecule has 1 N–H and O–H groups in total. The smallest absolute Gasteiger partial charge is 0.0964 e. The molecule has 0 aliphatic carbocycles. The van der Waals surface area contributed by atoms with Crippen LogP contribution in [0.1, 0.15) is 25.5 Å². The third-order valence-electron chi connectivity index (χ3n) is 3.37. The van der Waals surface area contributed by atoms with Crippen LogP contribution in [-0.2, 0) is 4.74 Å². The van der Waals surface area contributed by atoms with Gasteiger partial charge >= 0.3 is 0 Å². The summed E-state index contributed by atoms with van der Waals surface area (Å²) in [5.74, 6) is 0.498. The molecule has 1 aliphatic rings. The topological polar surface area (TPSA) is 21.3 Å². The molecule has 1 aromatic carbocycles. The van der Waals surface area contributed by atoms with Crippen LogP contribution in [0, 0.1) is 5.92 Å². The summed E-state index contributed by atoms with van der Waals surface area (Å²) in [6.07, 6.45) is -0.0198. The molecular formula is C13H17Cl2NO. The average Bonchev–Trinajstić information content (AvgIpc) is 2.47. The average molecular weight is 274 g/mol. The van der Waals surface area contributed by atoms with Gasteiger partial charge in [0.1, 0.15) is 0 Å². The molecule has 0 aromatic heterocycles. The molecular weight excluding hydrogens is 257 g/mol. The minimum Gasteiger partial charge on any atom is -0.372 e. The highest BCUT2D eigenvalue weighted by Crippen LogP contribution is 2.32. The van der Waals surface area contributed by atoms with Crippen LogP contribution in [-0.4, -0.2) is 19.2 Å². The fourth-order valence-corrected chi connectivity index (χ4v) is 2.36. The van der Waals surface area contributed by atoms with Crippen molar-refractivity contribution in [1.29, 1.82) is 0 Å². The minimum atomic E-state index is -0.0198. The van der Waals surface area contributed by atoms with Gasteiger partial charge in [0, 0.05) is 18.2 Å². The molecule has 2 nitrogen and oxygen atoms in total. The highest BCUT2D eigenvalue weighted by Gasteiger charge is 2.24. The van der Waals surface area contributed by atoms with E-state index in [0.717, 1.165) is 18.7 Å². The van der Waals surface area contributed by atoms with Crippen molar-refractivity contribution in [2.45, 2.75) is 26.0 Å². The lowest BCUT2D eigenvalue weighted by Gasteiger charge is -2.17. The molecule has 1 aromatic rings. The highest BCUT2D eigenvalue weighted by molar-refractivity contribution is 6.42. The molecule has 1 aliphatic heterocycles. The Balaban J connectivity index is 2.20. The zero-order valence-corrected chi connectivity index (χ0v) is 11.6. The molecule has 17 heavy (non-hydrogen) atoms. The largest absolute Gasteiger partial charge is 0.372 e. The van der Waals surface area contributed by atoms with Crippen molar-refractivity contribution in [2.24, 2.45) is 5.92 Å². The van der Waals surface area contributed by atoms with E-state index in [9.17, 15) is 0 Å². The van der Waals surface area contributed by atoms with Gasteiger partial charge in [-0.05, 0) is 18.9 Å². The lowest BCUT2D eigenvalue weighted by molar-refractivity contribution is 0.0497. The van der Waals surface area contributed by atoms with Crippen molar-refractivity contribution in [2.75, 3.05) is 13.2 Å². The third-order valence-corrected chi connectivity index (χ3v) is 4.20. The van der Waals surface area contributed by atoms with Crippen LogP contribution in [0.5, 0.6) is 0 Å². The summed E-state index contributed by atoms with van der Waals surface area (Å²) in [7, 11) is 0. The van der Waals surface area contributed by atoms with E-state index in [1.807, 2.05) is 12.1 Å². The Kier molecular flexibility index (Phi) is 4.31. The molecule has 1 saturated heterocycles. The van der Waals surface area contributed by atoms with Gasteiger partial charge in [-0.15, -0.1) is 0 Å². The Morgan fingerprint density at radius 1 is 1.29 bits per heavy atom. The van der Waals surface area contributed by atoms with Gasteiger partial charge in [0.15, 0.2) is 0 Å². The molecule has 0 radical (unpaired) electrons. The summed E-state index contributed by atoms with van der Waals surface area (Å²) < 4.78 is 5.90. The second kappa shape index (κ2) is 5.57. The molecule has 1 heterocycles. The second-order valence-corrected chi connectivity index (χ2v) is 5.42. The first kappa shape index (κ1) is 13.2. The maximum atomic E-state index is 6.21. The number of halogens is 2. The first-order valence-electron chi connectivity index (χ1n) is 5.88. The molecule has 94 valence electrons. The fourth-order valence-electron chi connectivity index (χ4n) is 1.93. The first-order valence-corrected chi connectivity index (χ1v) is 6.64. The number of hydrogen-bond donors (Lipinski definition) is 1. The van der Waals surface area contributed by atoms with E-state index in [2.05, 4.69) is 19.2 Å². The summed E-state index contributed by atoms with van der Waals surface area (Å²) in [6, 6.07) is 6.13. The normalized spacial score (nSPS) is 30.0. The summed E-state index contributed by atoms with van der Waals surface area (Å²) in [6.45, 7) is 5.86.